The fraction of sp³-hybridized carbons (Fsp3) is 0.455. The minimum Gasteiger partial charge on any atom is -0.331 e. The molecular formula is C22H26N6O. The summed E-state index contributed by atoms with van der Waals surface area (Å²) in [6.45, 7) is 3.78. The number of nitrogens with zero attached hydrogens (tertiary/aromatic N) is 6. The number of hydrogen-bond acceptors (Lipinski definition) is 5. The Labute approximate surface area is 170 Å². The summed E-state index contributed by atoms with van der Waals surface area (Å²) in [5, 5.41) is 0. The molecule has 5 rings (SSSR count). The highest BCUT2D eigenvalue weighted by molar-refractivity contribution is 5.57. The van der Waals surface area contributed by atoms with E-state index in [1.807, 2.05) is 18.3 Å². The lowest BCUT2D eigenvalue weighted by atomic mass is 9.96. The Hall–Kier alpha value is -2.80. The molecule has 4 heterocycles. The van der Waals surface area contributed by atoms with E-state index in [1.165, 1.54) is 18.7 Å². The zero-order chi connectivity index (χ0) is 19.6. The van der Waals surface area contributed by atoms with E-state index in [0.717, 1.165) is 44.6 Å². The molecule has 2 aliphatic rings. The van der Waals surface area contributed by atoms with Crippen LogP contribution in [0.2, 0.25) is 0 Å². The first kappa shape index (κ1) is 18.2. The summed E-state index contributed by atoms with van der Waals surface area (Å²) in [4.78, 5) is 28.1. The molecule has 7 nitrogen and oxygen atoms in total. The van der Waals surface area contributed by atoms with Crippen LogP contribution in [0.4, 0.5) is 0 Å². The molecule has 0 amide bonds. The fourth-order valence-corrected chi connectivity index (χ4v) is 4.20. The minimum atomic E-state index is 0.0145. The van der Waals surface area contributed by atoms with Crippen molar-refractivity contribution in [3.05, 3.63) is 65.5 Å². The zero-order valence-corrected chi connectivity index (χ0v) is 16.5. The van der Waals surface area contributed by atoms with E-state index in [-0.39, 0.29) is 5.56 Å². The maximum absolute atomic E-state index is 12.6. The molecule has 7 heteroatoms. The van der Waals surface area contributed by atoms with Gasteiger partial charge in [-0.2, -0.15) is 0 Å². The van der Waals surface area contributed by atoms with Gasteiger partial charge in [-0.1, -0.05) is 0 Å². The number of hydrogen-bond donors (Lipinski definition) is 0. The average molecular weight is 390 g/mol. The van der Waals surface area contributed by atoms with Gasteiger partial charge in [0.1, 0.15) is 5.82 Å². The summed E-state index contributed by atoms with van der Waals surface area (Å²) in [5.74, 6) is 1.71. The molecule has 1 saturated carbocycles. The lowest BCUT2D eigenvalue weighted by Gasteiger charge is -2.32. The van der Waals surface area contributed by atoms with Crippen LogP contribution in [0, 0.1) is 5.92 Å². The van der Waals surface area contributed by atoms with Gasteiger partial charge >= 0.3 is 0 Å². The molecule has 0 aromatic carbocycles. The van der Waals surface area contributed by atoms with Gasteiger partial charge in [-0.25, -0.2) is 9.97 Å². The van der Waals surface area contributed by atoms with Gasteiger partial charge < -0.3 is 4.57 Å². The van der Waals surface area contributed by atoms with Gasteiger partial charge in [-0.3, -0.25) is 19.2 Å². The van der Waals surface area contributed by atoms with Gasteiger partial charge in [-0.05, 0) is 56.8 Å². The Morgan fingerprint density at radius 1 is 1.00 bits per heavy atom. The van der Waals surface area contributed by atoms with Crippen LogP contribution < -0.4 is 5.56 Å². The second kappa shape index (κ2) is 7.91. The summed E-state index contributed by atoms with van der Waals surface area (Å²) in [7, 11) is 0. The SMILES string of the molecule is O=c1cc(-c2ccncc2)ncn1CC1CCN(Cc2nccn2C2CC2)CC1. The maximum Gasteiger partial charge on any atom is 0.253 e. The van der Waals surface area contributed by atoms with E-state index in [1.54, 1.807) is 29.4 Å². The molecule has 29 heavy (non-hydrogen) atoms. The van der Waals surface area contributed by atoms with Gasteiger partial charge in [-0.15, -0.1) is 0 Å². The third kappa shape index (κ3) is 4.15. The second-order valence-corrected chi connectivity index (χ2v) is 8.20. The highest BCUT2D eigenvalue weighted by Gasteiger charge is 2.27. The lowest BCUT2D eigenvalue weighted by molar-refractivity contribution is 0.161. The zero-order valence-electron chi connectivity index (χ0n) is 16.5. The smallest absolute Gasteiger partial charge is 0.253 e. The number of likely N-dealkylation sites (tertiary alicyclic amines) is 1. The Bertz CT molecular complexity index is 1020. The molecule has 0 spiro atoms. The van der Waals surface area contributed by atoms with Crippen LogP contribution in [0.15, 0.2) is 54.1 Å². The van der Waals surface area contributed by atoms with Gasteiger partial charge in [0.2, 0.25) is 0 Å². The third-order valence-electron chi connectivity index (χ3n) is 6.07. The Kier molecular flexibility index (Phi) is 4.97. The molecule has 1 aliphatic heterocycles. The first-order valence-electron chi connectivity index (χ1n) is 10.5. The molecule has 0 atom stereocenters. The predicted molar refractivity (Wildman–Crippen MR) is 110 cm³/mol. The summed E-state index contributed by atoms with van der Waals surface area (Å²) in [6, 6.07) is 6.05. The van der Waals surface area contributed by atoms with Crippen molar-refractivity contribution >= 4 is 0 Å². The van der Waals surface area contributed by atoms with Gasteiger partial charge in [0.25, 0.3) is 5.56 Å². The highest BCUT2D eigenvalue weighted by atomic mass is 16.1. The summed E-state index contributed by atoms with van der Waals surface area (Å²) >= 11 is 0. The van der Waals surface area contributed by atoms with E-state index in [0.29, 0.717) is 17.7 Å². The van der Waals surface area contributed by atoms with Crippen LogP contribution in [0.5, 0.6) is 0 Å². The number of imidazole rings is 1. The Balaban J connectivity index is 1.17. The van der Waals surface area contributed by atoms with E-state index in [2.05, 4.69) is 30.6 Å². The molecule has 1 saturated heterocycles. The van der Waals surface area contributed by atoms with Crippen LogP contribution >= 0.6 is 0 Å². The third-order valence-corrected chi connectivity index (χ3v) is 6.07. The normalized spacial score (nSPS) is 18.2. The van der Waals surface area contributed by atoms with Gasteiger partial charge in [0.15, 0.2) is 0 Å². The molecule has 0 N–H and O–H groups in total. The topological polar surface area (TPSA) is 68.8 Å². The van der Waals surface area contributed by atoms with Crippen LogP contribution in [0.25, 0.3) is 11.3 Å². The lowest BCUT2D eigenvalue weighted by Crippen LogP contribution is -2.36. The first-order valence-corrected chi connectivity index (χ1v) is 10.5. The van der Waals surface area contributed by atoms with E-state index >= 15 is 0 Å². The standard InChI is InChI=1S/C22H26N6O/c29-22-13-20(18-3-7-23-8-4-18)25-16-27(22)14-17-5-10-26(11-6-17)15-21-24-9-12-28(21)19-1-2-19/h3-4,7-9,12-13,16-17,19H,1-2,5-6,10-11,14-15H2. The van der Waals surface area contributed by atoms with E-state index in [4.69, 9.17) is 0 Å². The molecule has 3 aromatic heterocycles. The molecule has 0 radical (unpaired) electrons. The monoisotopic (exact) mass is 390 g/mol. The number of piperidine rings is 1. The summed E-state index contributed by atoms with van der Waals surface area (Å²) in [5.41, 5.74) is 1.64. The average Bonchev–Trinajstić information content (AvgIpc) is 3.50. The van der Waals surface area contributed by atoms with Crippen molar-refractivity contribution in [1.82, 2.24) is 29.0 Å². The minimum absolute atomic E-state index is 0.0145. The quantitative estimate of drug-likeness (QED) is 0.647. The summed E-state index contributed by atoms with van der Waals surface area (Å²) in [6.07, 6.45) is 13.9. The molecule has 3 aromatic rings. The molecule has 150 valence electrons. The Morgan fingerprint density at radius 2 is 1.79 bits per heavy atom. The Morgan fingerprint density at radius 3 is 2.52 bits per heavy atom. The van der Waals surface area contributed by atoms with Crippen LogP contribution in [-0.4, -0.2) is 42.1 Å². The fourth-order valence-electron chi connectivity index (χ4n) is 4.20. The number of rotatable bonds is 6. The second-order valence-electron chi connectivity index (χ2n) is 8.20. The van der Waals surface area contributed by atoms with Crippen molar-refractivity contribution in [2.24, 2.45) is 5.92 Å². The van der Waals surface area contributed by atoms with Crippen LogP contribution in [0.3, 0.4) is 0 Å². The largest absolute Gasteiger partial charge is 0.331 e. The van der Waals surface area contributed by atoms with Crippen molar-refractivity contribution < 1.29 is 0 Å². The molecular weight excluding hydrogens is 364 g/mol. The maximum atomic E-state index is 12.6. The van der Waals surface area contributed by atoms with E-state index < -0.39 is 0 Å². The molecule has 0 bridgehead atoms. The van der Waals surface area contributed by atoms with E-state index in [9.17, 15) is 4.79 Å². The van der Waals surface area contributed by atoms with Gasteiger partial charge in [0, 0.05) is 49.0 Å². The first-order chi connectivity index (χ1) is 14.3. The van der Waals surface area contributed by atoms with Crippen LogP contribution in [-0.2, 0) is 13.1 Å². The van der Waals surface area contributed by atoms with Gasteiger partial charge in [0.05, 0.1) is 18.6 Å². The highest BCUT2D eigenvalue weighted by Crippen LogP contribution is 2.35. The van der Waals surface area contributed by atoms with Crippen molar-refractivity contribution in [3.63, 3.8) is 0 Å². The molecule has 2 fully saturated rings. The van der Waals surface area contributed by atoms with Crippen molar-refractivity contribution in [2.45, 2.75) is 44.8 Å². The number of pyridine rings is 1. The van der Waals surface area contributed by atoms with Crippen molar-refractivity contribution in [3.8, 4) is 11.3 Å². The van der Waals surface area contributed by atoms with Crippen molar-refractivity contribution in [1.29, 1.82) is 0 Å². The summed E-state index contributed by atoms with van der Waals surface area (Å²) < 4.78 is 4.10. The predicted octanol–water partition coefficient (Wildman–Crippen LogP) is 2.75. The van der Waals surface area contributed by atoms with Crippen LogP contribution in [0.1, 0.15) is 37.5 Å². The molecule has 1 aliphatic carbocycles. The van der Waals surface area contributed by atoms with Crippen molar-refractivity contribution in [2.75, 3.05) is 13.1 Å². The molecule has 0 unspecified atom stereocenters. The number of aromatic nitrogens is 5.